The minimum atomic E-state index is 0. The summed E-state index contributed by atoms with van der Waals surface area (Å²) in [5, 5.41) is 5.00. The van der Waals surface area contributed by atoms with Gasteiger partial charge in [0.2, 0.25) is 0 Å². The van der Waals surface area contributed by atoms with Gasteiger partial charge in [-0.2, -0.15) is 0 Å². The van der Waals surface area contributed by atoms with Crippen LogP contribution in [0.3, 0.4) is 0 Å². The topological polar surface area (TPSA) is 85.2 Å². The number of rotatable bonds is 5. The molecular formula is C19H27ClN4O2. The lowest BCUT2D eigenvalue weighted by atomic mass is 10.0. The van der Waals surface area contributed by atoms with E-state index in [2.05, 4.69) is 24.0 Å². The highest BCUT2D eigenvalue weighted by Gasteiger charge is 2.35. The number of carbonyl (C=O) groups excluding carboxylic acids is 1. The maximum atomic E-state index is 13.4. The Bertz CT molecular complexity index is 802. The van der Waals surface area contributed by atoms with E-state index < -0.39 is 0 Å². The number of aryl methyl sites for hydroxylation is 1. The average Bonchev–Trinajstić information content (AvgIpc) is 3.29. The fraction of sp³-hybridized carbons (Fsp3) is 0.632. The van der Waals surface area contributed by atoms with E-state index in [1.807, 2.05) is 11.0 Å². The normalized spacial score (nSPS) is 22.7. The molecule has 0 aromatic carbocycles. The van der Waals surface area contributed by atoms with Crippen molar-refractivity contribution in [3.63, 3.8) is 0 Å². The first-order valence-electron chi connectivity index (χ1n) is 9.42. The zero-order valence-corrected chi connectivity index (χ0v) is 16.2. The van der Waals surface area contributed by atoms with Crippen molar-refractivity contribution in [2.45, 2.75) is 57.9 Å². The molecule has 1 amide bonds. The number of hydrogen-bond acceptors (Lipinski definition) is 5. The molecule has 4 rings (SSSR count). The predicted octanol–water partition coefficient (Wildman–Crippen LogP) is 3.28. The van der Waals surface area contributed by atoms with E-state index in [9.17, 15) is 4.79 Å². The molecule has 0 bridgehead atoms. The van der Waals surface area contributed by atoms with Gasteiger partial charge in [-0.05, 0) is 51.1 Å². The van der Waals surface area contributed by atoms with Crippen LogP contribution < -0.4 is 5.73 Å². The summed E-state index contributed by atoms with van der Waals surface area (Å²) < 4.78 is 5.49. The lowest BCUT2D eigenvalue weighted by Gasteiger charge is -2.22. The fourth-order valence-corrected chi connectivity index (χ4v) is 3.94. The molecule has 1 aliphatic heterocycles. The molecule has 142 valence electrons. The third-order valence-electron chi connectivity index (χ3n) is 5.51. The van der Waals surface area contributed by atoms with E-state index in [-0.39, 0.29) is 24.4 Å². The smallest absolute Gasteiger partial charge is 0.259 e. The lowest BCUT2D eigenvalue weighted by molar-refractivity contribution is 0.0745. The SMILES string of the molecule is CCCc1noc2nc(C3CC3)cc(C(=O)N3CC(CN)CC3C)c12.Cl. The molecule has 1 saturated carbocycles. The number of nitrogens with zero attached hydrogens (tertiary/aromatic N) is 3. The van der Waals surface area contributed by atoms with E-state index >= 15 is 0 Å². The molecule has 2 atom stereocenters. The number of nitrogens with two attached hydrogens (primary N) is 1. The van der Waals surface area contributed by atoms with Crippen LogP contribution in [-0.2, 0) is 6.42 Å². The minimum absolute atomic E-state index is 0. The van der Waals surface area contributed by atoms with Gasteiger partial charge in [0.1, 0.15) is 0 Å². The van der Waals surface area contributed by atoms with Gasteiger partial charge in [-0.15, -0.1) is 12.4 Å². The van der Waals surface area contributed by atoms with Crippen LogP contribution in [0.15, 0.2) is 10.6 Å². The Morgan fingerprint density at radius 3 is 2.81 bits per heavy atom. The van der Waals surface area contributed by atoms with Crippen molar-refractivity contribution in [3.05, 3.63) is 23.0 Å². The minimum Gasteiger partial charge on any atom is -0.336 e. The summed E-state index contributed by atoms with van der Waals surface area (Å²) in [6, 6.07) is 2.20. The Labute approximate surface area is 159 Å². The van der Waals surface area contributed by atoms with Crippen LogP contribution in [0.25, 0.3) is 11.1 Å². The first-order valence-corrected chi connectivity index (χ1v) is 9.42. The monoisotopic (exact) mass is 378 g/mol. The standard InChI is InChI=1S/C19H26N4O2.ClH/c1-3-4-15-17-14(19(24)23-10-12(9-20)7-11(23)2)8-16(13-5-6-13)21-18(17)25-22-15;/h8,11-13H,3-7,9-10,20H2,1-2H3;1H. The second kappa shape index (κ2) is 7.53. The Kier molecular flexibility index (Phi) is 5.53. The first-order chi connectivity index (χ1) is 12.1. The average molecular weight is 379 g/mol. The third-order valence-corrected chi connectivity index (χ3v) is 5.51. The Hall–Kier alpha value is -1.66. The van der Waals surface area contributed by atoms with Gasteiger partial charge in [-0.25, -0.2) is 4.98 Å². The van der Waals surface area contributed by atoms with E-state index in [1.54, 1.807) is 0 Å². The van der Waals surface area contributed by atoms with Crippen molar-refractivity contribution in [2.24, 2.45) is 11.7 Å². The summed E-state index contributed by atoms with van der Waals surface area (Å²) in [4.78, 5) is 20.0. The molecular weight excluding hydrogens is 352 g/mol. The van der Waals surface area contributed by atoms with E-state index in [0.717, 1.165) is 55.4 Å². The second-order valence-electron chi connectivity index (χ2n) is 7.57. The number of likely N-dealkylation sites (tertiary alicyclic amines) is 1. The highest BCUT2D eigenvalue weighted by Crippen LogP contribution is 2.41. The second-order valence-corrected chi connectivity index (χ2v) is 7.57. The molecule has 2 unspecified atom stereocenters. The van der Waals surface area contributed by atoms with Gasteiger partial charge in [0.05, 0.1) is 16.6 Å². The van der Waals surface area contributed by atoms with E-state index in [1.165, 1.54) is 0 Å². The molecule has 1 saturated heterocycles. The lowest BCUT2D eigenvalue weighted by Crippen LogP contribution is -2.34. The van der Waals surface area contributed by atoms with Crippen molar-refractivity contribution >= 4 is 29.4 Å². The largest absolute Gasteiger partial charge is 0.336 e. The van der Waals surface area contributed by atoms with Crippen molar-refractivity contribution in [2.75, 3.05) is 13.1 Å². The molecule has 0 radical (unpaired) electrons. The van der Waals surface area contributed by atoms with E-state index in [4.69, 9.17) is 10.3 Å². The van der Waals surface area contributed by atoms with Crippen LogP contribution in [0, 0.1) is 5.92 Å². The number of halogens is 1. The van der Waals surface area contributed by atoms with Gasteiger partial charge in [0.25, 0.3) is 11.6 Å². The Morgan fingerprint density at radius 1 is 1.42 bits per heavy atom. The molecule has 2 aromatic heterocycles. The summed E-state index contributed by atoms with van der Waals surface area (Å²) in [7, 11) is 0. The molecule has 2 fully saturated rings. The number of aromatic nitrogens is 2. The molecule has 6 nitrogen and oxygen atoms in total. The van der Waals surface area contributed by atoms with Crippen molar-refractivity contribution in [3.8, 4) is 0 Å². The maximum Gasteiger partial charge on any atom is 0.259 e. The van der Waals surface area contributed by atoms with E-state index in [0.29, 0.717) is 29.7 Å². The molecule has 1 aliphatic carbocycles. The van der Waals surface area contributed by atoms with Gasteiger partial charge in [-0.3, -0.25) is 4.79 Å². The number of hydrogen-bond donors (Lipinski definition) is 1. The Morgan fingerprint density at radius 2 is 2.19 bits per heavy atom. The van der Waals surface area contributed by atoms with Crippen LogP contribution in [0.2, 0.25) is 0 Å². The van der Waals surface area contributed by atoms with Crippen LogP contribution >= 0.6 is 12.4 Å². The highest BCUT2D eigenvalue weighted by molar-refractivity contribution is 6.06. The quantitative estimate of drug-likeness (QED) is 0.862. The van der Waals surface area contributed by atoms with Crippen LogP contribution in [0.5, 0.6) is 0 Å². The number of fused-ring (bicyclic) bond motifs is 1. The number of pyridine rings is 1. The summed E-state index contributed by atoms with van der Waals surface area (Å²) in [6.07, 6.45) is 4.99. The predicted molar refractivity (Wildman–Crippen MR) is 103 cm³/mol. The zero-order chi connectivity index (χ0) is 17.6. The summed E-state index contributed by atoms with van der Waals surface area (Å²) in [5.41, 5.74) is 8.87. The van der Waals surface area contributed by atoms with Crippen LogP contribution in [0.1, 0.15) is 67.2 Å². The molecule has 2 N–H and O–H groups in total. The number of carbonyl (C=O) groups is 1. The molecule has 2 aromatic rings. The number of amides is 1. The Balaban J connectivity index is 0.00000196. The van der Waals surface area contributed by atoms with Gasteiger partial charge >= 0.3 is 0 Å². The summed E-state index contributed by atoms with van der Waals surface area (Å²) in [5.74, 6) is 0.915. The van der Waals surface area contributed by atoms with Gasteiger partial charge in [0.15, 0.2) is 0 Å². The van der Waals surface area contributed by atoms with Gasteiger partial charge < -0.3 is 15.2 Å². The third kappa shape index (κ3) is 3.32. The van der Waals surface area contributed by atoms with Crippen LogP contribution in [0.4, 0.5) is 0 Å². The molecule has 3 heterocycles. The first kappa shape index (κ1) is 19.1. The molecule has 0 spiro atoms. The molecule has 26 heavy (non-hydrogen) atoms. The maximum absolute atomic E-state index is 13.4. The summed E-state index contributed by atoms with van der Waals surface area (Å²) >= 11 is 0. The summed E-state index contributed by atoms with van der Waals surface area (Å²) in [6.45, 7) is 5.56. The molecule has 7 heteroatoms. The van der Waals surface area contributed by atoms with Gasteiger partial charge in [0, 0.05) is 24.2 Å². The van der Waals surface area contributed by atoms with Crippen molar-refractivity contribution in [1.29, 1.82) is 0 Å². The van der Waals surface area contributed by atoms with Crippen LogP contribution in [-0.4, -0.2) is 40.1 Å². The van der Waals surface area contributed by atoms with Crippen molar-refractivity contribution < 1.29 is 9.32 Å². The molecule has 2 aliphatic rings. The fourth-order valence-electron chi connectivity index (χ4n) is 3.94. The van der Waals surface area contributed by atoms with Crippen molar-refractivity contribution in [1.82, 2.24) is 15.0 Å². The highest BCUT2D eigenvalue weighted by atomic mass is 35.5. The van der Waals surface area contributed by atoms with Gasteiger partial charge in [-0.1, -0.05) is 18.5 Å². The zero-order valence-electron chi connectivity index (χ0n) is 15.4.